The molecule has 0 spiro atoms. The van der Waals surface area contributed by atoms with E-state index in [1.165, 1.54) is 17.0 Å². The van der Waals surface area contributed by atoms with Crippen molar-refractivity contribution in [3.8, 4) is 17.0 Å². The van der Waals surface area contributed by atoms with E-state index in [0.717, 1.165) is 48.8 Å². The molecule has 142 valence electrons. The van der Waals surface area contributed by atoms with Gasteiger partial charge in [0.2, 0.25) is 0 Å². The fourth-order valence-corrected chi connectivity index (χ4v) is 3.93. The second kappa shape index (κ2) is 7.19. The second-order valence-corrected chi connectivity index (χ2v) is 7.44. The molecule has 27 heavy (non-hydrogen) atoms. The molecule has 0 saturated heterocycles. The van der Waals surface area contributed by atoms with Gasteiger partial charge in [0.15, 0.2) is 0 Å². The normalized spacial score (nSPS) is 15.6. The zero-order chi connectivity index (χ0) is 19.0. The molecule has 0 saturated carbocycles. The maximum atomic E-state index is 5.38. The topological polar surface area (TPSA) is 59.0 Å². The van der Waals surface area contributed by atoms with Crippen molar-refractivity contribution in [2.24, 2.45) is 0 Å². The molecule has 1 N–H and O–H groups in total. The number of aryl methyl sites for hydroxylation is 2. The first-order chi connectivity index (χ1) is 13.0. The zero-order valence-corrected chi connectivity index (χ0v) is 16.5. The molecule has 0 bridgehead atoms. The fourth-order valence-electron chi connectivity index (χ4n) is 3.93. The minimum atomic E-state index is 0.407. The third kappa shape index (κ3) is 3.49. The number of aromatic amines is 1. The van der Waals surface area contributed by atoms with Crippen LogP contribution in [-0.4, -0.2) is 44.6 Å². The Morgan fingerprint density at radius 2 is 2.11 bits per heavy atom. The second-order valence-electron chi connectivity index (χ2n) is 7.44. The maximum absolute atomic E-state index is 5.38. The molecule has 1 atom stereocenters. The molecule has 0 fully saturated rings. The number of rotatable bonds is 5. The van der Waals surface area contributed by atoms with Crippen LogP contribution in [0.3, 0.4) is 0 Å². The molecule has 1 aliphatic rings. The van der Waals surface area contributed by atoms with E-state index in [-0.39, 0.29) is 0 Å². The summed E-state index contributed by atoms with van der Waals surface area (Å²) in [4.78, 5) is 2.53. The number of hydrogen-bond acceptors (Lipinski definition) is 4. The molecule has 3 heterocycles. The Kier molecular flexibility index (Phi) is 4.74. The molecule has 0 unspecified atom stereocenters. The molecule has 6 nitrogen and oxygen atoms in total. The highest BCUT2D eigenvalue weighted by atomic mass is 16.5. The van der Waals surface area contributed by atoms with Gasteiger partial charge >= 0.3 is 0 Å². The number of methoxy groups -OCH3 is 1. The summed E-state index contributed by atoms with van der Waals surface area (Å²) in [6.07, 6.45) is 0.994. The van der Waals surface area contributed by atoms with E-state index in [1.54, 1.807) is 7.11 Å². The molecule has 1 aromatic carbocycles. The molecule has 6 heteroatoms. The molecular formula is C21H27N5O. The van der Waals surface area contributed by atoms with Gasteiger partial charge in [0.05, 0.1) is 25.0 Å². The summed E-state index contributed by atoms with van der Waals surface area (Å²) in [7, 11) is 1.70. The number of H-pyrrole nitrogens is 1. The average molecular weight is 365 g/mol. The number of ether oxygens (including phenoxy) is 1. The number of benzene rings is 1. The molecule has 2 aromatic heterocycles. The first kappa shape index (κ1) is 17.8. The van der Waals surface area contributed by atoms with Gasteiger partial charge in [0, 0.05) is 48.1 Å². The summed E-state index contributed by atoms with van der Waals surface area (Å²) in [5, 5.41) is 12.5. The quantitative estimate of drug-likeness (QED) is 0.753. The van der Waals surface area contributed by atoms with E-state index < -0.39 is 0 Å². The van der Waals surface area contributed by atoms with E-state index in [0.29, 0.717) is 6.04 Å². The van der Waals surface area contributed by atoms with Crippen molar-refractivity contribution in [3.63, 3.8) is 0 Å². The van der Waals surface area contributed by atoms with Crippen LogP contribution in [-0.2, 0) is 19.5 Å². The van der Waals surface area contributed by atoms with Crippen LogP contribution in [0.15, 0.2) is 30.3 Å². The molecule has 0 aliphatic carbocycles. The van der Waals surface area contributed by atoms with Crippen molar-refractivity contribution in [2.45, 2.75) is 46.3 Å². The molecule has 0 radical (unpaired) electrons. The van der Waals surface area contributed by atoms with Gasteiger partial charge in [-0.05, 0) is 39.0 Å². The Balaban J connectivity index is 1.55. The third-order valence-electron chi connectivity index (χ3n) is 5.47. The predicted octanol–water partition coefficient (Wildman–Crippen LogP) is 3.35. The lowest BCUT2D eigenvalue weighted by atomic mass is 10.00. The van der Waals surface area contributed by atoms with Crippen LogP contribution in [0.2, 0.25) is 0 Å². The number of nitrogens with zero attached hydrogens (tertiary/aromatic N) is 4. The van der Waals surface area contributed by atoms with Crippen LogP contribution >= 0.6 is 0 Å². The highest BCUT2D eigenvalue weighted by molar-refractivity contribution is 5.66. The first-order valence-corrected chi connectivity index (χ1v) is 9.51. The minimum Gasteiger partial charge on any atom is -0.497 e. The van der Waals surface area contributed by atoms with Crippen molar-refractivity contribution >= 4 is 0 Å². The Labute approximate surface area is 160 Å². The van der Waals surface area contributed by atoms with Crippen molar-refractivity contribution in [2.75, 3.05) is 13.7 Å². The third-order valence-corrected chi connectivity index (χ3v) is 5.47. The average Bonchev–Trinajstić information content (AvgIpc) is 3.23. The van der Waals surface area contributed by atoms with E-state index >= 15 is 0 Å². The van der Waals surface area contributed by atoms with Crippen LogP contribution in [0, 0.1) is 13.8 Å². The van der Waals surface area contributed by atoms with E-state index in [4.69, 9.17) is 4.74 Å². The molecule has 0 amide bonds. The number of fused-ring (bicyclic) bond motifs is 1. The number of aromatic nitrogens is 4. The van der Waals surface area contributed by atoms with Crippen molar-refractivity contribution in [1.29, 1.82) is 0 Å². The molecule has 1 aliphatic heterocycles. The summed E-state index contributed by atoms with van der Waals surface area (Å²) in [5.41, 5.74) is 6.98. The summed E-state index contributed by atoms with van der Waals surface area (Å²) < 4.78 is 7.50. The van der Waals surface area contributed by atoms with Gasteiger partial charge in [-0.1, -0.05) is 12.1 Å². The molecular weight excluding hydrogens is 338 g/mol. The van der Waals surface area contributed by atoms with Crippen LogP contribution in [0.25, 0.3) is 11.3 Å². The van der Waals surface area contributed by atoms with Crippen LogP contribution in [0.5, 0.6) is 5.75 Å². The maximum Gasteiger partial charge on any atom is 0.119 e. The van der Waals surface area contributed by atoms with Crippen molar-refractivity contribution < 1.29 is 4.74 Å². The lowest BCUT2D eigenvalue weighted by Gasteiger charge is -2.32. The Bertz CT molecular complexity index is 942. The minimum absolute atomic E-state index is 0.407. The van der Waals surface area contributed by atoms with Crippen molar-refractivity contribution in [1.82, 2.24) is 24.9 Å². The van der Waals surface area contributed by atoms with Gasteiger partial charge in [-0.25, -0.2) is 0 Å². The van der Waals surface area contributed by atoms with Crippen molar-refractivity contribution in [3.05, 3.63) is 53.0 Å². The van der Waals surface area contributed by atoms with E-state index in [2.05, 4.69) is 56.9 Å². The lowest BCUT2D eigenvalue weighted by molar-refractivity contribution is 0.169. The zero-order valence-electron chi connectivity index (χ0n) is 16.5. The first-order valence-electron chi connectivity index (χ1n) is 9.51. The number of hydrogen-bond donors (Lipinski definition) is 1. The van der Waals surface area contributed by atoms with Crippen LogP contribution in [0.1, 0.15) is 29.6 Å². The van der Waals surface area contributed by atoms with E-state index in [1.807, 2.05) is 19.1 Å². The summed E-state index contributed by atoms with van der Waals surface area (Å²) in [6.45, 7) is 9.30. The summed E-state index contributed by atoms with van der Waals surface area (Å²) >= 11 is 0. The van der Waals surface area contributed by atoms with Gasteiger partial charge in [-0.2, -0.15) is 10.2 Å². The summed E-state index contributed by atoms with van der Waals surface area (Å²) in [5.74, 6) is 0.856. The van der Waals surface area contributed by atoms with Crippen LogP contribution in [0.4, 0.5) is 0 Å². The van der Waals surface area contributed by atoms with Gasteiger partial charge in [0.25, 0.3) is 0 Å². The number of nitrogens with one attached hydrogen (secondary N) is 1. The van der Waals surface area contributed by atoms with E-state index in [9.17, 15) is 0 Å². The molecule has 4 rings (SSSR count). The molecule has 3 aromatic rings. The Morgan fingerprint density at radius 1 is 1.26 bits per heavy atom. The lowest BCUT2D eigenvalue weighted by Crippen LogP contribution is -2.40. The largest absolute Gasteiger partial charge is 0.497 e. The van der Waals surface area contributed by atoms with Gasteiger partial charge in [-0.15, -0.1) is 0 Å². The van der Waals surface area contributed by atoms with Gasteiger partial charge in [0.1, 0.15) is 5.75 Å². The summed E-state index contributed by atoms with van der Waals surface area (Å²) in [6, 6.07) is 10.7. The highest BCUT2D eigenvalue weighted by Gasteiger charge is 2.26. The van der Waals surface area contributed by atoms with Gasteiger partial charge < -0.3 is 4.74 Å². The SMILES string of the molecule is COc1cccc(-c2n[nH]c3c2CN([C@@H](C)Cn2nc(C)cc2C)CC3)c1. The highest BCUT2D eigenvalue weighted by Crippen LogP contribution is 2.31. The van der Waals surface area contributed by atoms with Crippen LogP contribution < -0.4 is 4.74 Å². The Hall–Kier alpha value is -2.60. The smallest absolute Gasteiger partial charge is 0.119 e. The standard InChI is InChI=1S/C21H27N5O/c1-14-10-15(2)26(24-14)12-16(3)25-9-8-20-19(13-25)21(23-22-20)17-6-5-7-18(11-17)27-4/h5-7,10-11,16H,8-9,12-13H2,1-4H3,(H,22,23)/t16-/m0/s1. The predicted molar refractivity (Wildman–Crippen MR) is 106 cm³/mol. The van der Waals surface area contributed by atoms with Gasteiger partial charge in [-0.3, -0.25) is 14.7 Å². The monoisotopic (exact) mass is 365 g/mol. The fraction of sp³-hybridized carbons (Fsp3) is 0.429. The Morgan fingerprint density at radius 3 is 2.85 bits per heavy atom.